The van der Waals surface area contributed by atoms with Crippen molar-refractivity contribution in [1.82, 2.24) is 0 Å². The number of rotatable bonds is 7. The van der Waals surface area contributed by atoms with Crippen LogP contribution in [-0.4, -0.2) is 20.8 Å². The molecule has 1 aromatic rings. The molecule has 120 valence electrons. The van der Waals surface area contributed by atoms with Crippen molar-refractivity contribution in [2.75, 3.05) is 12.4 Å². The average Bonchev–Trinajstić information content (AvgIpc) is 2.34. The van der Waals surface area contributed by atoms with Gasteiger partial charge in [0.05, 0.1) is 12.4 Å². The second kappa shape index (κ2) is 6.99. The van der Waals surface area contributed by atoms with Crippen LogP contribution in [0, 0.1) is 19.3 Å². The van der Waals surface area contributed by atoms with E-state index in [1.165, 1.54) is 0 Å². The zero-order valence-electron chi connectivity index (χ0n) is 13.1. The van der Waals surface area contributed by atoms with E-state index in [4.69, 9.17) is 21.5 Å². The maximum atomic E-state index is 11.5. The van der Waals surface area contributed by atoms with Gasteiger partial charge in [-0.1, -0.05) is 25.4 Å². The number of halogens is 1. The molecule has 0 amide bonds. The van der Waals surface area contributed by atoms with E-state index in [0.29, 0.717) is 24.5 Å². The maximum absolute atomic E-state index is 11.5. The first-order valence-electron chi connectivity index (χ1n) is 7.02. The molecule has 0 aliphatic rings. The topological polar surface area (TPSA) is 69.4 Å². The Morgan fingerprint density at radius 1 is 1.19 bits per heavy atom. The van der Waals surface area contributed by atoms with Gasteiger partial charge in [0, 0.05) is 10.4 Å². The van der Waals surface area contributed by atoms with Gasteiger partial charge in [0.15, 0.2) is 0 Å². The molecule has 0 saturated heterocycles. The van der Waals surface area contributed by atoms with E-state index >= 15 is 0 Å². The summed E-state index contributed by atoms with van der Waals surface area (Å²) in [5, 5.41) is 5.89. The van der Waals surface area contributed by atoms with Crippen molar-refractivity contribution >= 4 is 21.6 Å². The number of hydrogen-bond donors (Lipinski definition) is 1. The zero-order valence-corrected chi connectivity index (χ0v) is 14.6. The molecule has 0 fully saturated rings. The number of ether oxygens (including phenoxy) is 1. The minimum atomic E-state index is -3.54. The van der Waals surface area contributed by atoms with Gasteiger partial charge in [-0.3, -0.25) is 0 Å². The fourth-order valence-electron chi connectivity index (χ4n) is 2.48. The summed E-state index contributed by atoms with van der Waals surface area (Å²) in [6.45, 7) is 8.08. The molecule has 0 atom stereocenters. The van der Waals surface area contributed by atoms with Crippen LogP contribution < -0.4 is 9.88 Å². The molecule has 2 N–H and O–H groups in total. The molecule has 0 bridgehead atoms. The Hall–Kier alpha value is -0.780. The molecule has 0 heterocycles. The lowest BCUT2D eigenvalue weighted by Gasteiger charge is -2.31. The molecule has 0 spiro atoms. The monoisotopic (exact) mass is 333 g/mol. The van der Waals surface area contributed by atoms with Gasteiger partial charge in [0.1, 0.15) is 5.75 Å². The third kappa shape index (κ3) is 5.16. The molecule has 21 heavy (non-hydrogen) atoms. The number of aryl methyl sites for hydroxylation is 2. The lowest BCUT2D eigenvalue weighted by Crippen LogP contribution is -2.37. The SMILES string of the molecule is CCC(CC)(COc1c(C)cc(Cl)cc1C)CS(N)(=O)=O. The summed E-state index contributed by atoms with van der Waals surface area (Å²) in [6, 6.07) is 3.67. The highest BCUT2D eigenvalue weighted by atomic mass is 35.5. The van der Waals surface area contributed by atoms with Crippen LogP contribution in [0.15, 0.2) is 12.1 Å². The highest BCUT2D eigenvalue weighted by molar-refractivity contribution is 7.89. The Bertz CT molecular complexity index is 572. The first kappa shape index (κ1) is 18.3. The fraction of sp³-hybridized carbons (Fsp3) is 0.600. The van der Waals surface area contributed by atoms with Crippen LogP contribution >= 0.6 is 11.6 Å². The summed E-state index contributed by atoms with van der Waals surface area (Å²) in [7, 11) is -3.54. The molecule has 0 aromatic heterocycles. The van der Waals surface area contributed by atoms with E-state index in [1.807, 2.05) is 39.8 Å². The van der Waals surface area contributed by atoms with Crippen molar-refractivity contribution in [3.8, 4) is 5.75 Å². The van der Waals surface area contributed by atoms with Crippen molar-refractivity contribution in [1.29, 1.82) is 0 Å². The Balaban J connectivity index is 2.98. The van der Waals surface area contributed by atoms with Gasteiger partial charge in [-0.25, -0.2) is 13.6 Å². The lowest BCUT2D eigenvalue weighted by molar-refractivity contribution is 0.153. The van der Waals surface area contributed by atoms with E-state index in [0.717, 1.165) is 16.9 Å². The molecule has 0 unspecified atom stereocenters. The number of sulfonamides is 1. The minimum absolute atomic E-state index is 0.0707. The highest BCUT2D eigenvalue weighted by Gasteiger charge is 2.32. The Kier molecular flexibility index (Phi) is 6.08. The highest BCUT2D eigenvalue weighted by Crippen LogP contribution is 2.32. The Labute approximate surface area is 132 Å². The summed E-state index contributed by atoms with van der Waals surface area (Å²) in [6.07, 6.45) is 1.37. The normalized spacial score (nSPS) is 12.5. The number of nitrogens with two attached hydrogens (primary N) is 1. The van der Waals surface area contributed by atoms with Crippen LogP contribution in [0.25, 0.3) is 0 Å². The summed E-state index contributed by atoms with van der Waals surface area (Å²) >= 11 is 6.00. The molecule has 0 aliphatic heterocycles. The first-order chi connectivity index (χ1) is 9.62. The Morgan fingerprint density at radius 2 is 1.67 bits per heavy atom. The van der Waals surface area contributed by atoms with Crippen LogP contribution in [-0.2, 0) is 10.0 Å². The van der Waals surface area contributed by atoms with E-state index in [1.54, 1.807) is 0 Å². The molecule has 0 saturated carbocycles. The smallest absolute Gasteiger partial charge is 0.209 e. The summed E-state index contributed by atoms with van der Waals surface area (Å²) in [4.78, 5) is 0. The standard InChI is InChI=1S/C15H24ClNO3S/c1-5-15(6-2,10-21(17,18)19)9-20-14-11(3)7-13(16)8-12(14)4/h7-8H,5-6,9-10H2,1-4H3,(H2,17,18,19). The molecule has 0 radical (unpaired) electrons. The van der Waals surface area contributed by atoms with Gasteiger partial charge in [0.25, 0.3) is 0 Å². The van der Waals surface area contributed by atoms with Crippen LogP contribution in [0.4, 0.5) is 0 Å². The maximum Gasteiger partial charge on any atom is 0.209 e. The molecule has 6 heteroatoms. The van der Waals surface area contributed by atoms with Gasteiger partial charge in [-0.15, -0.1) is 0 Å². The van der Waals surface area contributed by atoms with Crippen molar-refractivity contribution in [3.05, 3.63) is 28.3 Å². The molecule has 4 nitrogen and oxygen atoms in total. The third-order valence-electron chi connectivity index (χ3n) is 3.96. The van der Waals surface area contributed by atoms with Crippen molar-refractivity contribution < 1.29 is 13.2 Å². The predicted octanol–water partition coefficient (Wildman–Crippen LogP) is 3.43. The van der Waals surface area contributed by atoms with E-state index < -0.39 is 15.4 Å². The molecule has 1 aromatic carbocycles. The zero-order chi connectivity index (χ0) is 16.3. The average molecular weight is 334 g/mol. The Morgan fingerprint density at radius 3 is 2.05 bits per heavy atom. The number of hydrogen-bond acceptors (Lipinski definition) is 3. The minimum Gasteiger partial charge on any atom is -0.492 e. The largest absolute Gasteiger partial charge is 0.492 e. The number of primary sulfonamides is 1. The van der Waals surface area contributed by atoms with E-state index in [-0.39, 0.29) is 5.75 Å². The van der Waals surface area contributed by atoms with E-state index in [2.05, 4.69) is 0 Å². The molecular formula is C15H24ClNO3S. The van der Waals surface area contributed by atoms with Crippen LogP contribution in [0.2, 0.25) is 5.02 Å². The second-order valence-corrected chi connectivity index (χ2v) is 7.72. The van der Waals surface area contributed by atoms with E-state index in [9.17, 15) is 8.42 Å². The van der Waals surface area contributed by atoms with Gasteiger partial charge in [-0.05, 0) is 49.9 Å². The summed E-state index contributed by atoms with van der Waals surface area (Å²) in [5.41, 5.74) is 1.42. The fourth-order valence-corrected chi connectivity index (χ4v) is 4.15. The molecular weight excluding hydrogens is 310 g/mol. The summed E-state index contributed by atoms with van der Waals surface area (Å²) < 4.78 is 28.9. The van der Waals surface area contributed by atoms with Gasteiger partial charge >= 0.3 is 0 Å². The van der Waals surface area contributed by atoms with Gasteiger partial charge in [-0.2, -0.15) is 0 Å². The van der Waals surface area contributed by atoms with Crippen LogP contribution in [0.1, 0.15) is 37.8 Å². The lowest BCUT2D eigenvalue weighted by atomic mass is 9.85. The first-order valence-corrected chi connectivity index (χ1v) is 9.12. The van der Waals surface area contributed by atoms with Gasteiger partial charge in [0.2, 0.25) is 10.0 Å². The molecule has 0 aliphatic carbocycles. The van der Waals surface area contributed by atoms with Crippen molar-refractivity contribution in [2.45, 2.75) is 40.5 Å². The third-order valence-corrected chi connectivity index (χ3v) is 5.19. The molecule has 1 rings (SSSR count). The van der Waals surface area contributed by atoms with Crippen LogP contribution in [0.3, 0.4) is 0 Å². The second-order valence-electron chi connectivity index (χ2n) is 5.67. The summed E-state index contributed by atoms with van der Waals surface area (Å²) in [5.74, 6) is 0.693. The van der Waals surface area contributed by atoms with Crippen molar-refractivity contribution in [2.24, 2.45) is 10.6 Å². The number of benzene rings is 1. The quantitative estimate of drug-likeness (QED) is 0.831. The predicted molar refractivity (Wildman–Crippen MR) is 87.4 cm³/mol. The van der Waals surface area contributed by atoms with Crippen LogP contribution in [0.5, 0.6) is 5.75 Å². The van der Waals surface area contributed by atoms with Crippen molar-refractivity contribution in [3.63, 3.8) is 0 Å². The van der Waals surface area contributed by atoms with Gasteiger partial charge < -0.3 is 4.74 Å².